The predicted octanol–water partition coefficient (Wildman–Crippen LogP) is -1.18. The first-order valence-electron chi connectivity index (χ1n) is 4.29. The summed E-state index contributed by atoms with van der Waals surface area (Å²) >= 11 is 0. The third-order valence-corrected chi connectivity index (χ3v) is 2.31. The van der Waals surface area contributed by atoms with E-state index in [1.165, 1.54) is 0 Å². The van der Waals surface area contributed by atoms with Gasteiger partial charge in [-0.15, -0.1) is 0 Å². The smallest absolute Gasteiger partial charge is 0.111 e. The molecule has 0 aliphatic carbocycles. The zero-order valence-electron chi connectivity index (χ0n) is 8.66. The van der Waals surface area contributed by atoms with Crippen molar-refractivity contribution in [1.29, 1.82) is 0 Å². The average Bonchev–Trinajstić information content (AvgIpc) is 2.46. The molecule has 90 valence electrons. The summed E-state index contributed by atoms with van der Waals surface area (Å²) in [6, 6.07) is 0. The molecule has 1 saturated heterocycles. The van der Waals surface area contributed by atoms with E-state index >= 15 is 0 Å². The van der Waals surface area contributed by atoms with Gasteiger partial charge >= 0.3 is 0 Å². The summed E-state index contributed by atoms with van der Waals surface area (Å²) in [5.41, 5.74) is 0. The van der Waals surface area contributed by atoms with Crippen molar-refractivity contribution >= 4 is 7.60 Å². The van der Waals surface area contributed by atoms with Gasteiger partial charge in [-0.2, -0.15) is 0 Å². The summed E-state index contributed by atoms with van der Waals surface area (Å²) in [5, 5.41) is 9.11. The lowest BCUT2D eigenvalue weighted by Crippen LogP contribution is -2.30. The molecule has 0 bridgehead atoms. The standard InChI is InChI=1S/C6H12O3.C2H5O3P/c1-4-6(8-2)5(7)3-9-4;1-2-6(3,4)5/h4-7H,3H2,1-2H3;2H,1H2,(H2,3,4,5)/p-2/t4-,5-,6?;/m0./s1. The highest BCUT2D eigenvalue weighted by molar-refractivity contribution is 7.52. The van der Waals surface area contributed by atoms with Crippen LogP contribution in [0.2, 0.25) is 0 Å². The molecule has 0 amide bonds. The Balaban J connectivity index is 0.000000288. The summed E-state index contributed by atoms with van der Waals surface area (Å²) in [6.07, 6.45) is -0.542. The monoisotopic (exact) mass is 238 g/mol. The third-order valence-electron chi connectivity index (χ3n) is 1.87. The Hall–Kier alpha value is -0.230. The molecule has 1 aliphatic rings. The third kappa shape index (κ3) is 6.04. The Labute approximate surface area is 88.7 Å². The second-order valence-electron chi connectivity index (χ2n) is 3.03. The van der Waals surface area contributed by atoms with Crippen LogP contribution in [-0.2, 0) is 14.0 Å². The molecule has 1 heterocycles. The van der Waals surface area contributed by atoms with Crippen LogP contribution in [0.1, 0.15) is 6.92 Å². The zero-order chi connectivity index (χ0) is 12.1. The van der Waals surface area contributed by atoms with Gasteiger partial charge in [-0.25, -0.2) is 0 Å². The maximum Gasteiger partial charge on any atom is 0.111 e. The summed E-state index contributed by atoms with van der Waals surface area (Å²) in [7, 11) is -2.80. The van der Waals surface area contributed by atoms with Crippen molar-refractivity contribution in [1.82, 2.24) is 0 Å². The SMILES string of the molecule is C=CP(=O)([O-])[O-].COC1[C@H](C)OC[C@@H]1O. The van der Waals surface area contributed by atoms with Crippen LogP contribution in [0, 0.1) is 0 Å². The van der Waals surface area contributed by atoms with E-state index in [9.17, 15) is 14.4 Å². The van der Waals surface area contributed by atoms with Gasteiger partial charge in [-0.3, -0.25) is 0 Å². The molecule has 0 aromatic carbocycles. The minimum absolute atomic E-state index is 0.0324. The van der Waals surface area contributed by atoms with Crippen LogP contribution in [0.15, 0.2) is 12.4 Å². The van der Waals surface area contributed by atoms with Crippen LogP contribution in [-0.4, -0.2) is 37.1 Å². The minimum atomic E-state index is -4.38. The van der Waals surface area contributed by atoms with Crippen molar-refractivity contribution in [3.8, 4) is 0 Å². The number of aliphatic hydroxyl groups is 1. The second kappa shape index (κ2) is 6.37. The van der Waals surface area contributed by atoms with Crippen LogP contribution in [0.25, 0.3) is 0 Å². The maximum atomic E-state index is 9.35. The molecule has 0 spiro atoms. The quantitative estimate of drug-likeness (QED) is 0.608. The number of rotatable bonds is 2. The molecule has 1 rings (SSSR count). The van der Waals surface area contributed by atoms with Crippen LogP contribution in [0.4, 0.5) is 0 Å². The molecule has 0 saturated carbocycles. The van der Waals surface area contributed by atoms with Crippen LogP contribution >= 0.6 is 7.60 Å². The molecule has 1 aliphatic heterocycles. The van der Waals surface area contributed by atoms with Crippen LogP contribution in [0.5, 0.6) is 0 Å². The highest BCUT2D eigenvalue weighted by atomic mass is 31.2. The fraction of sp³-hybridized carbons (Fsp3) is 0.750. The van der Waals surface area contributed by atoms with Gasteiger partial charge in [0.25, 0.3) is 0 Å². The van der Waals surface area contributed by atoms with E-state index in [0.29, 0.717) is 12.4 Å². The number of hydrogen-bond acceptors (Lipinski definition) is 6. The van der Waals surface area contributed by atoms with E-state index < -0.39 is 13.7 Å². The largest absolute Gasteiger partial charge is 0.808 e. The molecular weight excluding hydrogens is 223 g/mol. The molecule has 1 N–H and O–H groups in total. The zero-order valence-corrected chi connectivity index (χ0v) is 9.55. The van der Waals surface area contributed by atoms with Gasteiger partial charge in [-0.05, 0) is 14.5 Å². The van der Waals surface area contributed by atoms with Crippen LogP contribution in [0.3, 0.4) is 0 Å². The molecule has 0 aromatic rings. The molecule has 7 heteroatoms. The fourth-order valence-corrected chi connectivity index (χ4v) is 1.10. The summed E-state index contributed by atoms with van der Waals surface area (Å²) in [5.74, 6) is 0.382. The van der Waals surface area contributed by atoms with E-state index in [2.05, 4.69) is 6.58 Å². The normalized spacial score (nSPS) is 30.6. The van der Waals surface area contributed by atoms with Gasteiger partial charge < -0.3 is 28.9 Å². The Morgan fingerprint density at radius 1 is 1.67 bits per heavy atom. The highest BCUT2D eigenvalue weighted by Gasteiger charge is 2.32. The average molecular weight is 238 g/mol. The van der Waals surface area contributed by atoms with Gasteiger partial charge in [0, 0.05) is 7.11 Å². The van der Waals surface area contributed by atoms with Gasteiger partial charge in [0.05, 0.1) is 12.7 Å². The predicted molar refractivity (Wildman–Crippen MR) is 50.0 cm³/mol. The lowest BCUT2D eigenvalue weighted by Gasteiger charge is -2.23. The van der Waals surface area contributed by atoms with Crippen LogP contribution < -0.4 is 9.79 Å². The van der Waals surface area contributed by atoms with Gasteiger partial charge in [0.15, 0.2) is 0 Å². The fourth-order valence-electron chi connectivity index (χ4n) is 1.10. The van der Waals surface area contributed by atoms with Crippen molar-refractivity contribution in [3.63, 3.8) is 0 Å². The Bertz CT molecular complexity index is 227. The van der Waals surface area contributed by atoms with Gasteiger partial charge in [0.1, 0.15) is 12.2 Å². The van der Waals surface area contributed by atoms with Crippen molar-refractivity contribution in [2.75, 3.05) is 13.7 Å². The van der Waals surface area contributed by atoms with E-state index in [-0.39, 0.29) is 12.2 Å². The topological polar surface area (TPSA) is 102 Å². The van der Waals surface area contributed by atoms with E-state index in [1.807, 2.05) is 6.92 Å². The molecule has 3 atom stereocenters. The van der Waals surface area contributed by atoms with Gasteiger partial charge in [-0.1, -0.05) is 12.4 Å². The molecule has 0 radical (unpaired) electrons. The maximum absolute atomic E-state index is 9.35. The van der Waals surface area contributed by atoms with Crippen molar-refractivity contribution in [3.05, 3.63) is 12.4 Å². The van der Waals surface area contributed by atoms with Crippen molar-refractivity contribution in [2.24, 2.45) is 0 Å². The first kappa shape index (κ1) is 14.8. The summed E-state index contributed by atoms with van der Waals surface area (Å²) in [4.78, 5) is 18.7. The first-order valence-corrected chi connectivity index (χ1v) is 5.90. The number of methoxy groups -OCH3 is 1. The Morgan fingerprint density at radius 2 is 2.13 bits per heavy atom. The second-order valence-corrected chi connectivity index (χ2v) is 4.47. The number of aliphatic hydroxyl groups excluding tert-OH is 1. The summed E-state index contributed by atoms with van der Waals surface area (Å²) < 4.78 is 19.4. The minimum Gasteiger partial charge on any atom is -0.808 e. The molecule has 1 unspecified atom stereocenters. The molecule has 0 aromatic heterocycles. The van der Waals surface area contributed by atoms with E-state index in [0.717, 1.165) is 0 Å². The first-order chi connectivity index (χ1) is 6.81. The lowest BCUT2D eigenvalue weighted by atomic mass is 10.2. The molecule has 6 nitrogen and oxygen atoms in total. The molecule has 15 heavy (non-hydrogen) atoms. The Kier molecular flexibility index (Phi) is 6.28. The van der Waals surface area contributed by atoms with E-state index in [1.54, 1.807) is 7.11 Å². The highest BCUT2D eigenvalue weighted by Crippen LogP contribution is 2.22. The number of hydrogen-bond donors (Lipinski definition) is 1. The van der Waals surface area contributed by atoms with Gasteiger partial charge in [0.2, 0.25) is 0 Å². The molecule has 1 fully saturated rings. The summed E-state index contributed by atoms with van der Waals surface area (Å²) in [6.45, 7) is 5.04. The van der Waals surface area contributed by atoms with Crippen molar-refractivity contribution in [2.45, 2.75) is 25.2 Å². The van der Waals surface area contributed by atoms with E-state index in [4.69, 9.17) is 14.6 Å². The lowest BCUT2D eigenvalue weighted by molar-refractivity contribution is -0.308. The Morgan fingerprint density at radius 3 is 2.27 bits per heavy atom. The number of ether oxygens (including phenoxy) is 2. The van der Waals surface area contributed by atoms with Crippen molar-refractivity contribution < 1.29 is 28.9 Å². The molecular formula is C8H15O6P-2.